The largest absolute Gasteiger partial charge is 0.377 e. The van der Waals surface area contributed by atoms with E-state index in [1.165, 1.54) is 18.2 Å². The van der Waals surface area contributed by atoms with Crippen LogP contribution in [0.25, 0.3) is 0 Å². The lowest BCUT2D eigenvalue weighted by Crippen LogP contribution is -2.49. The van der Waals surface area contributed by atoms with Gasteiger partial charge >= 0.3 is 0 Å². The number of non-ortho nitro benzene ring substituents is 1. The smallest absolute Gasteiger partial charge is 0.270 e. The number of piperazine rings is 1. The zero-order valence-corrected chi connectivity index (χ0v) is 15.3. The molecule has 8 heteroatoms. The maximum absolute atomic E-state index is 14.0. The molecular formula is C19H21FN4O3. The molecule has 0 N–H and O–H groups in total. The third kappa shape index (κ3) is 3.84. The molecule has 27 heavy (non-hydrogen) atoms. The summed E-state index contributed by atoms with van der Waals surface area (Å²) < 4.78 is 14.0. The summed E-state index contributed by atoms with van der Waals surface area (Å²) in [6.45, 7) is 1.84. The number of anilines is 2. The van der Waals surface area contributed by atoms with E-state index in [9.17, 15) is 19.3 Å². The van der Waals surface area contributed by atoms with Gasteiger partial charge in [-0.25, -0.2) is 4.39 Å². The van der Waals surface area contributed by atoms with E-state index in [-0.39, 0.29) is 17.4 Å². The van der Waals surface area contributed by atoms with Crippen LogP contribution in [-0.4, -0.2) is 56.0 Å². The fraction of sp³-hybridized carbons (Fsp3) is 0.316. The Bertz CT molecular complexity index is 864. The highest BCUT2D eigenvalue weighted by atomic mass is 19.1. The second-order valence-corrected chi connectivity index (χ2v) is 6.58. The van der Waals surface area contributed by atoms with Crippen molar-refractivity contribution in [1.29, 1.82) is 0 Å². The average Bonchev–Trinajstić information content (AvgIpc) is 2.67. The van der Waals surface area contributed by atoms with Crippen molar-refractivity contribution in [1.82, 2.24) is 4.90 Å². The summed E-state index contributed by atoms with van der Waals surface area (Å²) in [5.41, 5.74) is 1.33. The van der Waals surface area contributed by atoms with Crippen LogP contribution in [0.3, 0.4) is 0 Å². The van der Waals surface area contributed by atoms with Gasteiger partial charge in [-0.3, -0.25) is 14.9 Å². The van der Waals surface area contributed by atoms with Crippen LogP contribution in [0, 0.1) is 15.9 Å². The Balaban J connectivity index is 1.79. The molecule has 1 heterocycles. The molecule has 3 rings (SSSR count). The first kappa shape index (κ1) is 18.6. The maximum atomic E-state index is 14.0. The van der Waals surface area contributed by atoms with E-state index >= 15 is 0 Å². The predicted octanol–water partition coefficient (Wildman–Crippen LogP) is 2.76. The van der Waals surface area contributed by atoms with Crippen molar-refractivity contribution in [3.63, 3.8) is 0 Å². The molecule has 1 saturated heterocycles. The lowest BCUT2D eigenvalue weighted by Gasteiger charge is -2.36. The van der Waals surface area contributed by atoms with Crippen molar-refractivity contribution < 1.29 is 14.1 Å². The van der Waals surface area contributed by atoms with Crippen LogP contribution in [0.5, 0.6) is 0 Å². The van der Waals surface area contributed by atoms with Gasteiger partial charge in [0.2, 0.25) is 0 Å². The number of nitro benzene ring substituents is 1. The molecule has 0 atom stereocenters. The fourth-order valence-corrected chi connectivity index (χ4v) is 3.23. The number of hydrogen-bond donors (Lipinski definition) is 0. The molecule has 2 aromatic rings. The average molecular weight is 372 g/mol. The summed E-state index contributed by atoms with van der Waals surface area (Å²) in [6, 6.07) is 10.9. The Labute approximate surface area is 156 Å². The van der Waals surface area contributed by atoms with Gasteiger partial charge in [-0.1, -0.05) is 12.1 Å². The van der Waals surface area contributed by atoms with Crippen molar-refractivity contribution in [2.45, 2.75) is 0 Å². The quantitative estimate of drug-likeness (QED) is 0.610. The van der Waals surface area contributed by atoms with Gasteiger partial charge in [-0.05, 0) is 18.2 Å². The molecule has 142 valence electrons. The summed E-state index contributed by atoms with van der Waals surface area (Å²) in [7, 11) is 3.57. The summed E-state index contributed by atoms with van der Waals surface area (Å²) in [4.78, 5) is 28.9. The Morgan fingerprint density at radius 1 is 1.11 bits per heavy atom. The molecule has 2 aromatic carbocycles. The Hall–Kier alpha value is -3.16. The molecule has 0 unspecified atom stereocenters. The molecule has 0 spiro atoms. The van der Waals surface area contributed by atoms with Crippen molar-refractivity contribution >= 4 is 23.0 Å². The molecule has 0 radical (unpaired) electrons. The van der Waals surface area contributed by atoms with Gasteiger partial charge in [0.05, 0.1) is 16.2 Å². The monoisotopic (exact) mass is 372 g/mol. The number of carbonyl (C=O) groups excluding carboxylic acids is 1. The number of amides is 1. The normalized spacial score (nSPS) is 14.2. The molecule has 0 bridgehead atoms. The van der Waals surface area contributed by atoms with E-state index in [2.05, 4.69) is 0 Å². The van der Waals surface area contributed by atoms with Crippen LogP contribution < -0.4 is 9.80 Å². The van der Waals surface area contributed by atoms with Crippen molar-refractivity contribution in [2.24, 2.45) is 0 Å². The summed E-state index contributed by atoms with van der Waals surface area (Å²) >= 11 is 0. The van der Waals surface area contributed by atoms with Gasteiger partial charge < -0.3 is 14.7 Å². The third-order valence-electron chi connectivity index (χ3n) is 4.66. The summed E-state index contributed by atoms with van der Waals surface area (Å²) in [5, 5.41) is 11.1. The van der Waals surface area contributed by atoms with E-state index in [0.717, 1.165) is 0 Å². The minimum absolute atomic E-state index is 0.117. The van der Waals surface area contributed by atoms with E-state index in [0.29, 0.717) is 43.1 Å². The van der Waals surface area contributed by atoms with Gasteiger partial charge in [0.25, 0.3) is 11.6 Å². The van der Waals surface area contributed by atoms with E-state index < -0.39 is 4.92 Å². The summed E-state index contributed by atoms with van der Waals surface area (Å²) in [5.74, 6) is -0.540. The number of para-hydroxylation sites is 1. The SMILES string of the molecule is CN(C)c1ccc([N+](=O)[O-])cc1C(=O)N1CCN(c2ccccc2F)CC1. The standard InChI is InChI=1S/C19H21FN4O3/c1-21(2)17-8-7-14(24(26)27)13-15(17)19(25)23-11-9-22(10-12-23)18-6-4-3-5-16(18)20/h3-8,13H,9-12H2,1-2H3. The first-order valence-electron chi connectivity index (χ1n) is 8.63. The van der Waals surface area contributed by atoms with Crippen LogP contribution in [0.4, 0.5) is 21.5 Å². The number of hydrogen-bond acceptors (Lipinski definition) is 5. The lowest BCUT2D eigenvalue weighted by atomic mass is 10.1. The molecule has 1 fully saturated rings. The van der Waals surface area contributed by atoms with Crippen molar-refractivity contribution in [3.8, 4) is 0 Å². The van der Waals surface area contributed by atoms with Crippen LogP contribution in [-0.2, 0) is 0 Å². The second-order valence-electron chi connectivity index (χ2n) is 6.58. The first-order chi connectivity index (χ1) is 12.9. The first-order valence-corrected chi connectivity index (χ1v) is 8.63. The Morgan fingerprint density at radius 2 is 1.78 bits per heavy atom. The van der Waals surface area contributed by atoms with Gasteiger partial charge in [0.15, 0.2) is 0 Å². The van der Waals surface area contributed by atoms with E-state index in [1.807, 2.05) is 4.90 Å². The molecule has 0 aliphatic carbocycles. The highest BCUT2D eigenvalue weighted by Crippen LogP contribution is 2.27. The van der Waals surface area contributed by atoms with Crippen molar-refractivity contribution in [3.05, 3.63) is 64.0 Å². The zero-order valence-electron chi connectivity index (χ0n) is 15.3. The minimum atomic E-state index is -0.508. The van der Waals surface area contributed by atoms with E-state index in [1.54, 1.807) is 48.2 Å². The predicted molar refractivity (Wildman–Crippen MR) is 102 cm³/mol. The minimum Gasteiger partial charge on any atom is -0.377 e. The molecule has 0 saturated carbocycles. The topological polar surface area (TPSA) is 69.9 Å². The van der Waals surface area contributed by atoms with Crippen molar-refractivity contribution in [2.75, 3.05) is 50.1 Å². The van der Waals surface area contributed by atoms with Crippen LogP contribution in [0.1, 0.15) is 10.4 Å². The van der Waals surface area contributed by atoms with Crippen LogP contribution >= 0.6 is 0 Å². The van der Waals surface area contributed by atoms with Gasteiger partial charge in [-0.15, -0.1) is 0 Å². The van der Waals surface area contributed by atoms with Gasteiger partial charge in [0, 0.05) is 58.1 Å². The number of halogens is 1. The molecule has 1 amide bonds. The number of rotatable bonds is 4. The highest BCUT2D eigenvalue weighted by molar-refractivity contribution is 6.00. The van der Waals surface area contributed by atoms with E-state index in [4.69, 9.17) is 0 Å². The summed E-state index contributed by atoms with van der Waals surface area (Å²) in [6.07, 6.45) is 0. The molecule has 0 aromatic heterocycles. The molecule has 7 nitrogen and oxygen atoms in total. The van der Waals surface area contributed by atoms with Crippen LogP contribution in [0.15, 0.2) is 42.5 Å². The number of nitro groups is 1. The number of benzene rings is 2. The lowest BCUT2D eigenvalue weighted by molar-refractivity contribution is -0.384. The van der Waals surface area contributed by atoms with Crippen LogP contribution in [0.2, 0.25) is 0 Å². The zero-order chi connectivity index (χ0) is 19.6. The number of carbonyl (C=O) groups is 1. The maximum Gasteiger partial charge on any atom is 0.270 e. The Morgan fingerprint density at radius 3 is 2.37 bits per heavy atom. The third-order valence-corrected chi connectivity index (χ3v) is 4.66. The number of nitrogens with zero attached hydrogens (tertiary/aromatic N) is 4. The molecular weight excluding hydrogens is 351 g/mol. The fourth-order valence-electron chi connectivity index (χ4n) is 3.23. The molecule has 1 aliphatic rings. The highest BCUT2D eigenvalue weighted by Gasteiger charge is 2.26. The second kappa shape index (κ2) is 7.61. The Kier molecular flexibility index (Phi) is 5.25. The molecule has 1 aliphatic heterocycles. The van der Waals surface area contributed by atoms with Gasteiger partial charge in [0.1, 0.15) is 5.82 Å². The van der Waals surface area contributed by atoms with Gasteiger partial charge in [-0.2, -0.15) is 0 Å².